The van der Waals surface area contributed by atoms with Gasteiger partial charge in [-0.05, 0) is 56.3 Å². The minimum atomic E-state index is -0.162. The van der Waals surface area contributed by atoms with Crippen molar-refractivity contribution < 1.29 is 9.53 Å². The van der Waals surface area contributed by atoms with E-state index in [1.165, 1.54) is 0 Å². The second-order valence-electron chi connectivity index (χ2n) is 7.10. The summed E-state index contributed by atoms with van der Waals surface area (Å²) in [5, 5.41) is 3.48. The summed E-state index contributed by atoms with van der Waals surface area (Å²) in [5.74, 6) is 1.22. The summed E-state index contributed by atoms with van der Waals surface area (Å²) < 4.78 is 5.42. The van der Waals surface area contributed by atoms with Crippen LogP contribution in [0.1, 0.15) is 32.5 Å². The third-order valence-electron chi connectivity index (χ3n) is 4.68. The maximum atomic E-state index is 12.6. The van der Waals surface area contributed by atoms with Gasteiger partial charge in [0, 0.05) is 5.69 Å². The molecule has 3 aromatic rings. The largest absolute Gasteiger partial charge is 0.494 e. The molecule has 0 aliphatic rings. The van der Waals surface area contributed by atoms with Crippen molar-refractivity contribution in [3.8, 4) is 5.75 Å². The van der Waals surface area contributed by atoms with E-state index >= 15 is 0 Å². The molecule has 7 heteroatoms. The number of hydrogen-bond donors (Lipinski definition) is 2. The van der Waals surface area contributed by atoms with Crippen molar-refractivity contribution in [3.63, 3.8) is 0 Å². The maximum Gasteiger partial charge on any atom is 0.258 e. The predicted molar refractivity (Wildman–Crippen MR) is 119 cm³/mol. The van der Waals surface area contributed by atoms with E-state index in [0.717, 1.165) is 30.8 Å². The molecule has 0 saturated carbocycles. The lowest BCUT2D eigenvalue weighted by Gasteiger charge is -2.21. The Balaban J connectivity index is 1.68. The zero-order valence-electron chi connectivity index (χ0n) is 17.5. The molecule has 0 saturated heterocycles. The van der Waals surface area contributed by atoms with Gasteiger partial charge in [-0.15, -0.1) is 0 Å². The van der Waals surface area contributed by atoms with Gasteiger partial charge in [0.2, 0.25) is 5.91 Å². The summed E-state index contributed by atoms with van der Waals surface area (Å²) in [6, 6.07) is 14.6. The normalized spacial score (nSPS) is 11.0. The second-order valence-corrected chi connectivity index (χ2v) is 7.10. The fourth-order valence-corrected chi connectivity index (χ4v) is 3.22. The van der Waals surface area contributed by atoms with Gasteiger partial charge in [-0.1, -0.05) is 25.5 Å². The Morgan fingerprint density at radius 1 is 1.13 bits per heavy atom. The van der Waals surface area contributed by atoms with Gasteiger partial charge in [0.1, 0.15) is 11.6 Å². The predicted octanol–water partition coefficient (Wildman–Crippen LogP) is 3.56. The molecule has 0 atom stereocenters. The van der Waals surface area contributed by atoms with Crippen LogP contribution in [0.15, 0.2) is 53.3 Å². The number of carbonyl (C=O) groups is 1. The lowest BCUT2D eigenvalue weighted by molar-refractivity contribution is -0.117. The number of amides is 1. The second kappa shape index (κ2) is 10.5. The molecule has 0 aliphatic carbocycles. The van der Waals surface area contributed by atoms with Crippen molar-refractivity contribution in [2.45, 2.75) is 33.2 Å². The van der Waals surface area contributed by atoms with E-state index in [9.17, 15) is 9.59 Å². The number of nitrogens with zero attached hydrogens (tertiary/aromatic N) is 2. The quantitative estimate of drug-likeness (QED) is 0.536. The first-order valence-corrected chi connectivity index (χ1v) is 10.3. The first kappa shape index (κ1) is 21.5. The van der Waals surface area contributed by atoms with Gasteiger partial charge in [0.05, 0.1) is 30.6 Å². The summed E-state index contributed by atoms with van der Waals surface area (Å²) in [5.41, 5.74) is 1.21. The summed E-state index contributed by atoms with van der Waals surface area (Å²) in [7, 11) is 0. The molecular formula is C23H28N4O3. The number of hydrogen-bond acceptors (Lipinski definition) is 5. The molecule has 30 heavy (non-hydrogen) atoms. The van der Waals surface area contributed by atoms with Crippen molar-refractivity contribution in [2.24, 2.45) is 0 Å². The number of benzene rings is 2. The van der Waals surface area contributed by atoms with Crippen LogP contribution < -0.4 is 15.6 Å². The zero-order valence-corrected chi connectivity index (χ0v) is 17.5. The third-order valence-corrected chi connectivity index (χ3v) is 4.68. The summed E-state index contributed by atoms with van der Waals surface area (Å²) >= 11 is 0. The van der Waals surface area contributed by atoms with Crippen LogP contribution in [0.5, 0.6) is 5.75 Å². The lowest BCUT2D eigenvalue weighted by atomic mass is 10.2. The fraction of sp³-hybridized carbons (Fsp3) is 0.348. The molecule has 2 N–H and O–H groups in total. The highest BCUT2D eigenvalue weighted by atomic mass is 16.5. The number of carbonyl (C=O) groups excluding carboxylic acids is 1. The Hall–Kier alpha value is -3.19. The van der Waals surface area contributed by atoms with E-state index in [1.54, 1.807) is 6.07 Å². The van der Waals surface area contributed by atoms with E-state index in [2.05, 4.69) is 22.2 Å². The molecule has 2 aromatic carbocycles. The number of anilines is 1. The molecule has 1 aromatic heterocycles. The molecule has 0 bridgehead atoms. The number of aromatic amines is 1. The van der Waals surface area contributed by atoms with Crippen molar-refractivity contribution >= 4 is 22.5 Å². The minimum Gasteiger partial charge on any atom is -0.494 e. The van der Waals surface area contributed by atoms with Crippen LogP contribution in [0.4, 0.5) is 5.69 Å². The number of rotatable bonds is 10. The van der Waals surface area contributed by atoms with E-state index in [1.807, 2.05) is 54.3 Å². The van der Waals surface area contributed by atoms with Crippen LogP contribution in [0.2, 0.25) is 0 Å². The standard InChI is InChI=1S/C23H28N4O3/c1-3-5-14-27(15-21-25-20-9-7-6-8-19(20)23(29)26-21)16-22(28)24-17-10-12-18(13-11-17)30-4-2/h6-13H,3-5,14-16H2,1-2H3,(H,24,28)(H,25,26,29). The van der Waals surface area contributed by atoms with E-state index in [4.69, 9.17) is 4.74 Å². The van der Waals surface area contributed by atoms with Crippen molar-refractivity contribution in [1.29, 1.82) is 0 Å². The number of fused-ring (bicyclic) bond motifs is 1. The summed E-state index contributed by atoms with van der Waals surface area (Å²) in [6.45, 7) is 5.99. The van der Waals surface area contributed by atoms with Crippen LogP contribution in [0.25, 0.3) is 10.9 Å². The SMILES string of the molecule is CCCCN(CC(=O)Nc1ccc(OCC)cc1)Cc1nc2ccccc2c(=O)[nH]1. The smallest absolute Gasteiger partial charge is 0.258 e. The molecule has 3 rings (SSSR count). The van der Waals surface area contributed by atoms with Gasteiger partial charge in [0.25, 0.3) is 5.56 Å². The van der Waals surface area contributed by atoms with Crippen LogP contribution in [0, 0.1) is 0 Å². The average molecular weight is 409 g/mol. The Labute approximate surface area is 176 Å². The van der Waals surface area contributed by atoms with Crippen molar-refractivity contribution in [2.75, 3.05) is 25.0 Å². The highest BCUT2D eigenvalue weighted by Crippen LogP contribution is 2.16. The molecule has 0 fully saturated rings. The first-order valence-electron chi connectivity index (χ1n) is 10.3. The zero-order chi connectivity index (χ0) is 21.3. The topological polar surface area (TPSA) is 87.3 Å². The number of ether oxygens (including phenoxy) is 1. The first-order chi connectivity index (χ1) is 14.6. The maximum absolute atomic E-state index is 12.6. The van der Waals surface area contributed by atoms with Gasteiger partial charge in [-0.2, -0.15) is 0 Å². The van der Waals surface area contributed by atoms with Gasteiger partial charge >= 0.3 is 0 Å². The molecule has 1 amide bonds. The fourth-order valence-electron chi connectivity index (χ4n) is 3.22. The number of unbranched alkanes of at least 4 members (excludes halogenated alkanes) is 1. The van der Waals surface area contributed by atoms with Gasteiger partial charge in [0.15, 0.2) is 0 Å². The highest BCUT2D eigenvalue weighted by Gasteiger charge is 2.14. The Bertz CT molecular complexity index is 1030. The van der Waals surface area contributed by atoms with Crippen LogP contribution >= 0.6 is 0 Å². The molecule has 7 nitrogen and oxygen atoms in total. The minimum absolute atomic E-state index is 0.113. The number of aromatic nitrogens is 2. The van der Waals surface area contributed by atoms with Gasteiger partial charge in [-0.25, -0.2) is 4.98 Å². The van der Waals surface area contributed by atoms with Gasteiger partial charge < -0.3 is 15.0 Å². The molecular weight excluding hydrogens is 380 g/mol. The Morgan fingerprint density at radius 2 is 1.90 bits per heavy atom. The molecule has 0 unspecified atom stereocenters. The molecule has 0 radical (unpaired) electrons. The third kappa shape index (κ3) is 5.90. The summed E-state index contributed by atoms with van der Waals surface area (Å²) in [6.07, 6.45) is 1.97. The molecule has 1 heterocycles. The van der Waals surface area contributed by atoms with Crippen LogP contribution in [-0.2, 0) is 11.3 Å². The lowest BCUT2D eigenvalue weighted by Crippen LogP contribution is -2.34. The van der Waals surface area contributed by atoms with Gasteiger partial charge in [-0.3, -0.25) is 14.5 Å². The molecule has 158 valence electrons. The highest BCUT2D eigenvalue weighted by molar-refractivity contribution is 5.92. The monoisotopic (exact) mass is 408 g/mol. The summed E-state index contributed by atoms with van der Waals surface area (Å²) in [4.78, 5) is 34.3. The van der Waals surface area contributed by atoms with Crippen LogP contribution in [0.3, 0.4) is 0 Å². The van der Waals surface area contributed by atoms with E-state index < -0.39 is 0 Å². The average Bonchev–Trinajstić information content (AvgIpc) is 2.73. The molecule has 0 aliphatic heterocycles. The van der Waals surface area contributed by atoms with E-state index in [0.29, 0.717) is 29.9 Å². The molecule has 0 spiro atoms. The number of nitrogens with one attached hydrogen (secondary N) is 2. The van der Waals surface area contributed by atoms with Crippen LogP contribution in [-0.4, -0.2) is 40.5 Å². The number of para-hydroxylation sites is 1. The Kier molecular flexibility index (Phi) is 7.57. The van der Waals surface area contributed by atoms with E-state index in [-0.39, 0.29) is 18.0 Å². The number of H-pyrrole nitrogens is 1. The Morgan fingerprint density at radius 3 is 2.63 bits per heavy atom. The van der Waals surface area contributed by atoms with Crippen molar-refractivity contribution in [3.05, 3.63) is 64.7 Å². The van der Waals surface area contributed by atoms with Crippen molar-refractivity contribution in [1.82, 2.24) is 14.9 Å².